The number of allylic oxidation sites excluding steroid dienone is 5. The first-order valence-corrected chi connectivity index (χ1v) is 8.08. The minimum Gasteiger partial charge on any atom is -0.0955 e. The Labute approximate surface area is 122 Å². The van der Waals surface area contributed by atoms with Crippen molar-refractivity contribution in [2.45, 2.75) is 64.6 Å². The van der Waals surface area contributed by atoms with Gasteiger partial charge in [0.05, 0.1) is 0 Å². The third kappa shape index (κ3) is 7.92. The molecule has 0 aromatic heterocycles. The highest BCUT2D eigenvalue weighted by Gasteiger charge is 2.14. The predicted molar refractivity (Wildman–Crippen MR) is 88.3 cm³/mol. The van der Waals surface area contributed by atoms with Crippen LogP contribution < -0.4 is 0 Å². The van der Waals surface area contributed by atoms with Crippen LogP contribution in [0.1, 0.15) is 59.8 Å². The SMILES string of the molecule is C=C(C[C@@H](Br)C(C)C/C=C\CC)/C(C)=C\CCC. The van der Waals surface area contributed by atoms with Gasteiger partial charge in [-0.25, -0.2) is 0 Å². The van der Waals surface area contributed by atoms with Crippen molar-refractivity contribution in [1.82, 2.24) is 0 Å². The van der Waals surface area contributed by atoms with E-state index in [1.165, 1.54) is 17.6 Å². The van der Waals surface area contributed by atoms with Crippen molar-refractivity contribution in [2.24, 2.45) is 5.92 Å². The van der Waals surface area contributed by atoms with Gasteiger partial charge in [-0.2, -0.15) is 0 Å². The first-order valence-electron chi connectivity index (χ1n) is 7.16. The van der Waals surface area contributed by atoms with E-state index in [9.17, 15) is 0 Å². The van der Waals surface area contributed by atoms with Crippen LogP contribution in [0, 0.1) is 5.92 Å². The molecule has 0 bridgehead atoms. The van der Waals surface area contributed by atoms with Crippen molar-refractivity contribution in [1.29, 1.82) is 0 Å². The van der Waals surface area contributed by atoms with Crippen molar-refractivity contribution in [3.8, 4) is 0 Å². The van der Waals surface area contributed by atoms with Crippen LogP contribution >= 0.6 is 15.9 Å². The molecule has 0 N–H and O–H groups in total. The summed E-state index contributed by atoms with van der Waals surface area (Å²) in [4.78, 5) is 0.525. The second-order valence-electron chi connectivity index (χ2n) is 5.09. The van der Waals surface area contributed by atoms with Crippen molar-refractivity contribution in [2.75, 3.05) is 0 Å². The van der Waals surface area contributed by atoms with E-state index < -0.39 is 0 Å². The largest absolute Gasteiger partial charge is 0.0955 e. The number of hydrogen-bond donors (Lipinski definition) is 0. The molecule has 0 nitrogen and oxygen atoms in total. The summed E-state index contributed by atoms with van der Waals surface area (Å²) in [6.45, 7) is 13.1. The van der Waals surface area contributed by atoms with Crippen molar-refractivity contribution in [3.05, 3.63) is 36.0 Å². The minimum absolute atomic E-state index is 0.525. The minimum atomic E-state index is 0.525. The van der Waals surface area contributed by atoms with Crippen LogP contribution in [0.4, 0.5) is 0 Å². The number of hydrogen-bond acceptors (Lipinski definition) is 0. The Morgan fingerprint density at radius 3 is 2.50 bits per heavy atom. The lowest BCUT2D eigenvalue weighted by Crippen LogP contribution is -2.11. The fourth-order valence-electron chi connectivity index (χ4n) is 1.73. The van der Waals surface area contributed by atoms with Gasteiger partial charge in [0.2, 0.25) is 0 Å². The van der Waals surface area contributed by atoms with Crippen molar-refractivity contribution < 1.29 is 0 Å². The Hall–Kier alpha value is -0.300. The zero-order valence-electron chi connectivity index (χ0n) is 12.5. The van der Waals surface area contributed by atoms with E-state index >= 15 is 0 Å². The molecule has 0 aliphatic carbocycles. The predicted octanol–water partition coefficient (Wildman–Crippen LogP) is 6.44. The molecule has 0 aromatic carbocycles. The smallest absolute Gasteiger partial charge is 0.0214 e. The molecule has 0 spiro atoms. The maximum absolute atomic E-state index is 4.21. The zero-order chi connectivity index (χ0) is 14.0. The van der Waals surface area contributed by atoms with Crippen LogP contribution in [0.15, 0.2) is 36.0 Å². The molecule has 1 heteroatoms. The molecule has 0 fully saturated rings. The number of alkyl halides is 1. The Balaban J connectivity index is 4.17. The summed E-state index contributed by atoms with van der Waals surface area (Å²) >= 11 is 3.81. The fourth-order valence-corrected chi connectivity index (χ4v) is 2.33. The Morgan fingerprint density at radius 1 is 1.28 bits per heavy atom. The lowest BCUT2D eigenvalue weighted by molar-refractivity contribution is 0.563. The molecule has 0 saturated carbocycles. The van der Waals surface area contributed by atoms with Crippen molar-refractivity contribution >= 4 is 15.9 Å². The van der Waals surface area contributed by atoms with Gasteiger partial charge in [-0.1, -0.05) is 79.1 Å². The van der Waals surface area contributed by atoms with Crippen LogP contribution in [0.3, 0.4) is 0 Å². The molecule has 0 radical (unpaired) electrons. The van der Waals surface area contributed by atoms with E-state index in [4.69, 9.17) is 0 Å². The molecular formula is C17H29Br. The van der Waals surface area contributed by atoms with E-state index in [0.717, 1.165) is 25.7 Å². The average molecular weight is 313 g/mol. The van der Waals surface area contributed by atoms with Crippen molar-refractivity contribution in [3.63, 3.8) is 0 Å². The van der Waals surface area contributed by atoms with E-state index in [1.54, 1.807) is 0 Å². The standard InChI is InChI=1S/C17H29Br/c1-6-8-10-12-15(4)17(18)13-16(5)14(3)11-9-7-2/h8,10-11,15,17H,5-7,9,12-13H2,1-4H3/b10-8-,14-11-/t15?,17-/m1/s1. The van der Waals surface area contributed by atoms with Gasteiger partial charge in [0.15, 0.2) is 0 Å². The highest BCUT2D eigenvalue weighted by molar-refractivity contribution is 9.09. The average Bonchev–Trinajstić information content (AvgIpc) is 2.35. The first-order chi connectivity index (χ1) is 8.52. The first kappa shape index (κ1) is 17.7. The summed E-state index contributed by atoms with van der Waals surface area (Å²) in [6, 6.07) is 0. The third-order valence-electron chi connectivity index (χ3n) is 3.27. The summed E-state index contributed by atoms with van der Waals surface area (Å²) in [6.07, 6.45) is 12.5. The Kier molecular flexibility index (Phi) is 10.4. The van der Waals surface area contributed by atoms with Gasteiger partial charge in [-0.05, 0) is 38.5 Å². The highest BCUT2D eigenvalue weighted by Crippen LogP contribution is 2.26. The van der Waals surface area contributed by atoms with Gasteiger partial charge in [0.25, 0.3) is 0 Å². The third-order valence-corrected chi connectivity index (χ3v) is 4.49. The molecule has 0 aromatic rings. The summed E-state index contributed by atoms with van der Waals surface area (Å²) in [5, 5.41) is 0. The molecule has 0 rings (SSSR count). The van der Waals surface area contributed by atoms with E-state index in [0.29, 0.717) is 10.7 Å². The maximum atomic E-state index is 4.21. The van der Waals surface area contributed by atoms with Gasteiger partial charge in [0.1, 0.15) is 0 Å². The van der Waals surface area contributed by atoms with Crippen LogP contribution in [-0.4, -0.2) is 4.83 Å². The highest BCUT2D eigenvalue weighted by atomic mass is 79.9. The summed E-state index contributed by atoms with van der Waals surface area (Å²) in [5.41, 5.74) is 2.63. The molecule has 104 valence electrons. The van der Waals surface area contributed by atoms with E-state index in [2.05, 4.69) is 68.4 Å². The summed E-state index contributed by atoms with van der Waals surface area (Å²) < 4.78 is 0. The quantitative estimate of drug-likeness (QED) is 0.261. The number of unbranched alkanes of at least 4 members (excludes halogenated alkanes) is 1. The monoisotopic (exact) mass is 312 g/mol. The lowest BCUT2D eigenvalue weighted by atomic mass is 9.95. The molecule has 0 aliphatic rings. The maximum Gasteiger partial charge on any atom is 0.0214 e. The topological polar surface area (TPSA) is 0 Å². The molecule has 0 heterocycles. The molecule has 2 atom stereocenters. The van der Waals surface area contributed by atoms with Gasteiger partial charge in [0, 0.05) is 4.83 Å². The van der Waals surface area contributed by atoms with Crippen LogP contribution in [0.5, 0.6) is 0 Å². The zero-order valence-corrected chi connectivity index (χ0v) is 14.1. The van der Waals surface area contributed by atoms with Crippen LogP contribution in [0.2, 0.25) is 0 Å². The molecular weight excluding hydrogens is 284 g/mol. The van der Waals surface area contributed by atoms with Crippen LogP contribution in [-0.2, 0) is 0 Å². The number of halogens is 1. The molecule has 18 heavy (non-hydrogen) atoms. The normalized spacial score (nSPS) is 15.9. The second kappa shape index (κ2) is 10.6. The van der Waals surface area contributed by atoms with Gasteiger partial charge >= 0.3 is 0 Å². The van der Waals surface area contributed by atoms with Gasteiger partial charge in [-0.15, -0.1) is 0 Å². The molecule has 0 saturated heterocycles. The molecule has 0 aliphatic heterocycles. The van der Waals surface area contributed by atoms with Gasteiger partial charge in [-0.3, -0.25) is 0 Å². The molecule has 0 amide bonds. The number of rotatable bonds is 9. The molecule has 1 unspecified atom stereocenters. The van der Waals surface area contributed by atoms with E-state index in [-0.39, 0.29) is 0 Å². The van der Waals surface area contributed by atoms with Crippen LogP contribution in [0.25, 0.3) is 0 Å². The summed E-state index contributed by atoms with van der Waals surface area (Å²) in [5.74, 6) is 0.656. The van der Waals surface area contributed by atoms with E-state index in [1.807, 2.05) is 0 Å². The van der Waals surface area contributed by atoms with Gasteiger partial charge < -0.3 is 0 Å². The summed E-state index contributed by atoms with van der Waals surface area (Å²) in [7, 11) is 0. The fraction of sp³-hybridized carbons (Fsp3) is 0.647. The Morgan fingerprint density at radius 2 is 1.94 bits per heavy atom. The lowest BCUT2D eigenvalue weighted by Gasteiger charge is -2.18. The Bertz CT molecular complexity index is 286. The second-order valence-corrected chi connectivity index (χ2v) is 6.27.